The van der Waals surface area contributed by atoms with Crippen molar-refractivity contribution >= 4 is 18.3 Å². The Hall–Kier alpha value is -1.99. The van der Waals surface area contributed by atoms with E-state index in [1.807, 2.05) is 6.92 Å². The minimum atomic E-state index is -1.22. The number of amides is 3. The summed E-state index contributed by atoms with van der Waals surface area (Å²) in [6, 6.07) is 0. The van der Waals surface area contributed by atoms with Crippen molar-refractivity contribution in [1.29, 1.82) is 0 Å². The highest BCUT2D eigenvalue weighted by Crippen LogP contribution is 2.14. The lowest BCUT2D eigenvalue weighted by Gasteiger charge is -2.16. The van der Waals surface area contributed by atoms with E-state index in [0.29, 0.717) is 19.6 Å². The summed E-state index contributed by atoms with van der Waals surface area (Å²) in [7, 11) is 0. The predicted molar refractivity (Wildman–Crippen MR) is 225 cm³/mol. The number of alkyl carbamates (subject to hydrolysis) is 1. The number of nitrogens with zero attached hydrogens (tertiary/aromatic N) is 1. The van der Waals surface area contributed by atoms with Gasteiger partial charge in [-0.25, -0.2) is 19.3 Å². The van der Waals surface area contributed by atoms with Gasteiger partial charge >= 0.3 is 18.3 Å². The van der Waals surface area contributed by atoms with Crippen molar-refractivity contribution in [2.24, 2.45) is 0 Å². The van der Waals surface area contributed by atoms with Gasteiger partial charge in [0, 0.05) is 13.1 Å². The Morgan fingerprint density at radius 2 is 0.717 bits per heavy atom. The van der Waals surface area contributed by atoms with Crippen LogP contribution in [0.25, 0.3) is 0 Å². The average Bonchev–Trinajstić information content (AvgIpc) is 3.15. The molecule has 0 bridgehead atoms. The fourth-order valence-corrected chi connectivity index (χ4v) is 6.40. The molecule has 0 atom stereocenters. The number of carbonyl (C=O) groups is 3. The second kappa shape index (κ2) is 46.2. The molecule has 3 amide bonds. The molecule has 8 nitrogen and oxygen atoms in total. The summed E-state index contributed by atoms with van der Waals surface area (Å²) in [5.41, 5.74) is 0. The van der Waals surface area contributed by atoms with Gasteiger partial charge in [-0.1, -0.05) is 220 Å². The Morgan fingerprint density at radius 1 is 0.415 bits per heavy atom. The third kappa shape index (κ3) is 44.3. The van der Waals surface area contributed by atoms with Crippen LogP contribution in [-0.4, -0.2) is 54.6 Å². The van der Waals surface area contributed by atoms with E-state index in [1.165, 1.54) is 167 Å². The van der Waals surface area contributed by atoms with Crippen molar-refractivity contribution < 1.29 is 29.0 Å². The Morgan fingerprint density at radius 3 is 1.08 bits per heavy atom. The first kappa shape index (κ1) is 53.1. The van der Waals surface area contributed by atoms with E-state index in [2.05, 4.69) is 26.1 Å². The van der Waals surface area contributed by atoms with E-state index in [-0.39, 0.29) is 12.6 Å². The molecule has 0 aromatic rings. The molecule has 0 spiro atoms. The molecule has 0 aliphatic carbocycles. The molecule has 8 heteroatoms. The number of unbranched alkanes of at least 4 members (excludes halogenated alkanes) is 30. The zero-order valence-electron chi connectivity index (χ0n) is 35.8. The largest absolute Gasteiger partial charge is 0.465 e. The summed E-state index contributed by atoms with van der Waals surface area (Å²) in [5, 5.41) is 11.9. The van der Waals surface area contributed by atoms with Crippen LogP contribution in [0.4, 0.5) is 14.4 Å². The minimum absolute atomic E-state index is 0.223. The molecule has 0 aliphatic rings. The van der Waals surface area contributed by atoms with Crippen LogP contribution in [0.3, 0.4) is 0 Å². The molecular formula is C45H90N2O6. The van der Waals surface area contributed by atoms with Gasteiger partial charge in [-0.05, 0) is 25.7 Å². The van der Waals surface area contributed by atoms with E-state index in [9.17, 15) is 14.4 Å². The van der Waals surface area contributed by atoms with Gasteiger partial charge in [-0.3, -0.25) is 0 Å². The molecule has 0 saturated heterocycles. The molecule has 0 aliphatic heterocycles. The topological polar surface area (TPSA) is 105 Å². The molecule has 0 unspecified atom stereocenters. The number of nitrogens with one attached hydrogen (secondary N) is 1. The van der Waals surface area contributed by atoms with Crippen molar-refractivity contribution in [2.45, 2.75) is 246 Å². The monoisotopic (exact) mass is 755 g/mol. The standard InChI is InChI=1S/C23H45NO4.C22H45NO2/c1-3-5-7-8-9-10-11-12-13-14-15-16-17-19-21-28-23(27)24(22(25)26)20-18-6-4-2;1-3-5-7-8-9-10-11-12-13-14-15-16-17-19-21-25-22(24)23-20-18-6-4-2/h3-21H2,1-2H3,(H,25,26);3-21H2,1-2H3,(H,23,24). The number of rotatable bonds is 38. The summed E-state index contributed by atoms with van der Waals surface area (Å²) < 4.78 is 10.3. The molecule has 0 heterocycles. The van der Waals surface area contributed by atoms with Crippen molar-refractivity contribution in [1.82, 2.24) is 10.2 Å². The van der Waals surface area contributed by atoms with Gasteiger partial charge in [-0.2, -0.15) is 0 Å². The van der Waals surface area contributed by atoms with Crippen molar-refractivity contribution in [2.75, 3.05) is 26.3 Å². The van der Waals surface area contributed by atoms with E-state index < -0.39 is 12.2 Å². The molecule has 53 heavy (non-hydrogen) atoms. The smallest absolute Gasteiger partial charge is 0.419 e. The second-order valence-corrected chi connectivity index (χ2v) is 15.2. The fraction of sp³-hybridized carbons (Fsp3) is 0.933. The number of carboxylic acid groups (broad SMARTS) is 1. The molecular weight excluding hydrogens is 665 g/mol. The maximum Gasteiger partial charge on any atom is 0.419 e. The van der Waals surface area contributed by atoms with Crippen LogP contribution in [-0.2, 0) is 9.47 Å². The van der Waals surface area contributed by atoms with Crippen LogP contribution in [0.15, 0.2) is 0 Å². The van der Waals surface area contributed by atoms with Crippen LogP contribution in [0.5, 0.6) is 0 Å². The molecule has 0 rings (SSSR count). The second-order valence-electron chi connectivity index (χ2n) is 15.2. The van der Waals surface area contributed by atoms with Crippen LogP contribution in [0.1, 0.15) is 246 Å². The molecule has 316 valence electrons. The lowest BCUT2D eigenvalue weighted by atomic mass is 10.0. The fourth-order valence-electron chi connectivity index (χ4n) is 6.40. The number of hydrogen-bond acceptors (Lipinski definition) is 5. The summed E-state index contributed by atoms with van der Waals surface area (Å²) >= 11 is 0. The number of hydrogen-bond donors (Lipinski definition) is 2. The number of carbonyl (C=O) groups excluding carboxylic acids is 2. The third-order valence-electron chi connectivity index (χ3n) is 9.94. The average molecular weight is 755 g/mol. The predicted octanol–water partition coefficient (Wildman–Crippen LogP) is 15.2. The maximum absolute atomic E-state index is 11.8. The highest BCUT2D eigenvalue weighted by molar-refractivity contribution is 5.86. The third-order valence-corrected chi connectivity index (χ3v) is 9.94. The van der Waals surface area contributed by atoms with Crippen molar-refractivity contribution in [3.8, 4) is 0 Å². The molecule has 0 fully saturated rings. The Balaban J connectivity index is 0. The van der Waals surface area contributed by atoms with Crippen molar-refractivity contribution in [3.63, 3.8) is 0 Å². The molecule has 2 N–H and O–H groups in total. The Kier molecular flexibility index (Phi) is 46.3. The van der Waals surface area contributed by atoms with Gasteiger partial charge in [0.1, 0.15) is 0 Å². The number of imide groups is 1. The van der Waals surface area contributed by atoms with Gasteiger partial charge in [-0.15, -0.1) is 0 Å². The quantitative estimate of drug-likeness (QED) is 0.0608. The van der Waals surface area contributed by atoms with Crippen LogP contribution < -0.4 is 5.32 Å². The van der Waals surface area contributed by atoms with Crippen LogP contribution in [0.2, 0.25) is 0 Å². The maximum atomic E-state index is 11.8. The summed E-state index contributed by atoms with van der Waals surface area (Å²) in [6.45, 7) is 10.6. The minimum Gasteiger partial charge on any atom is -0.465 e. The molecule has 0 aromatic heterocycles. The van der Waals surface area contributed by atoms with Crippen LogP contribution in [0, 0.1) is 0 Å². The first-order valence-corrected chi connectivity index (χ1v) is 23.0. The lowest BCUT2D eigenvalue weighted by Crippen LogP contribution is -2.37. The SMILES string of the molecule is CCCCCCCCCCCCCCCCOC(=O)N(CCCCC)C(=O)O.CCCCCCCCCCCCCCCCOC(=O)NCCCCC. The Bertz CT molecular complexity index is 765. The van der Waals surface area contributed by atoms with E-state index >= 15 is 0 Å². The first-order valence-electron chi connectivity index (χ1n) is 23.0. The van der Waals surface area contributed by atoms with E-state index in [0.717, 1.165) is 56.4 Å². The van der Waals surface area contributed by atoms with Crippen molar-refractivity contribution in [3.05, 3.63) is 0 Å². The van der Waals surface area contributed by atoms with Gasteiger partial charge in [0.25, 0.3) is 0 Å². The first-order chi connectivity index (χ1) is 25.9. The van der Waals surface area contributed by atoms with E-state index in [4.69, 9.17) is 14.6 Å². The zero-order valence-corrected chi connectivity index (χ0v) is 35.8. The molecule has 0 aromatic carbocycles. The highest BCUT2D eigenvalue weighted by Gasteiger charge is 2.21. The van der Waals surface area contributed by atoms with Gasteiger partial charge < -0.3 is 19.9 Å². The summed E-state index contributed by atoms with van der Waals surface area (Å²) in [6.07, 6.45) is 40.6. The Labute approximate surface area is 329 Å². The van der Waals surface area contributed by atoms with Gasteiger partial charge in [0.2, 0.25) is 0 Å². The molecule has 0 radical (unpaired) electrons. The normalized spacial score (nSPS) is 10.8. The highest BCUT2D eigenvalue weighted by atomic mass is 16.6. The summed E-state index contributed by atoms with van der Waals surface area (Å²) in [4.78, 5) is 35.2. The summed E-state index contributed by atoms with van der Waals surface area (Å²) in [5.74, 6) is 0. The zero-order chi connectivity index (χ0) is 39.3. The lowest BCUT2D eigenvalue weighted by molar-refractivity contribution is 0.0924. The number of ether oxygens (including phenoxy) is 2. The van der Waals surface area contributed by atoms with Gasteiger partial charge in [0.15, 0.2) is 0 Å². The van der Waals surface area contributed by atoms with E-state index in [1.54, 1.807) is 0 Å². The van der Waals surface area contributed by atoms with Gasteiger partial charge in [0.05, 0.1) is 13.2 Å². The molecule has 0 saturated carbocycles. The van der Waals surface area contributed by atoms with Crippen LogP contribution >= 0.6 is 0 Å².